The third-order valence-corrected chi connectivity index (χ3v) is 8.34. The molecule has 2 fully saturated rings. The minimum Gasteiger partial charge on any atom is -0.492 e. The van der Waals surface area contributed by atoms with Gasteiger partial charge in [-0.2, -0.15) is 0 Å². The highest BCUT2D eigenvalue weighted by Gasteiger charge is 2.34. The summed E-state index contributed by atoms with van der Waals surface area (Å²) in [5.41, 5.74) is 0.258. The molecule has 0 aliphatic carbocycles. The average Bonchev–Trinajstić information content (AvgIpc) is 3.51. The number of esters is 1. The largest absolute Gasteiger partial charge is 0.492 e. The summed E-state index contributed by atoms with van der Waals surface area (Å²) < 4.78 is 11.8. The fourth-order valence-corrected chi connectivity index (χ4v) is 6.02. The number of unbranched alkanes of at least 4 members (excludes halogenated alkanes) is 1. The molecule has 0 spiro atoms. The minimum atomic E-state index is -0.538. The number of carbonyl (C=O) groups is 4. The fourth-order valence-electron chi connectivity index (χ4n) is 3.61. The van der Waals surface area contributed by atoms with Gasteiger partial charge in [-0.25, -0.2) is 0 Å². The smallest absolute Gasteiger partial charge is 0.307 e. The Kier molecular flexibility index (Phi) is 11.2. The number of nitrogens with one attached hydrogen (secondary N) is 1. The molecule has 1 aromatic rings. The number of benzene rings is 1. The van der Waals surface area contributed by atoms with Crippen LogP contribution in [-0.2, 0) is 9.53 Å². The van der Waals surface area contributed by atoms with E-state index in [0.29, 0.717) is 46.3 Å². The number of carbonyl (C=O) groups excluding carboxylic acids is 4. The van der Waals surface area contributed by atoms with E-state index in [0.717, 1.165) is 6.42 Å². The molecule has 37 heavy (non-hydrogen) atoms. The monoisotopic (exact) mass is 583 g/mol. The summed E-state index contributed by atoms with van der Waals surface area (Å²) in [4.78, 5) is 54.9. The van der Waals surface area contributed by atoms with Gasteiger partial charge < -0.3 is 14.8 Å². The normalized spacial score (nSPS) is 15.2. The van der Waals surface area contributed by atoms with Gasteiger partial charge in [0.15, 0.2) is 0 Å². The fraction of sp³-hybridized carbons (Fsp3) is 0.500. The van der Waals surface area contributed by atoms with Gasteiger partial charge in [-0.15, -0.1) is 0 Å². The number of rotatable bonds is 11. The molecule has 1 aromatic carbocycles. The van der Waals surface area contributed by atoms with Crippen molar-refractivity contribution in [3.05, 3.63) is 28.8 Å². The number of amides is 3. The number of hydrogen-bond acceptors (Lipinski definition) is 10. The van der Waals surface area contributed by atoms with Crippen molar-refractivity contribution in [2.24, 2.45) is 0 Å². The van der Waals surface area contributed by atoms with Crippen molar-refractivity contribution in [3.63, 3.8) is 0 Å². The van der Waals surface area contributed by atoms with E-state index in [1.807, 2.05) is 6.92 Å². The van der Waals surface area contributed by atoms with E-state index in [1.165, 1.54) is 45.5 Å². The second kappa shape index (κ2) is 14.1. The summed E-state index contributed by atoms with van der Waals surface area (Å²) in [7, 11) is 0. The van der Waals surface area contributed by atoms with Crippen LogP contribution in [0.5, 0.6) is 5.75 Å². The first-order chi connectivity index (χ1) is 17.8. The minimum absolute atomic E-state index is 0.00604. The molecule has 2 aliphatic rings. The Morgan fingerprint density at radius 2 is 1.54 bits per heavy atom. The molecule has 13 heteroatoms. The first-order valence-electron chi connectivity index (χ1n) is 12.0. The first kappa shape index (κ1) is 29.3. The van der Waals surface area contributed by atoms with Gasteiger partial charge in [-0.05, 0) is 25.5 Å². The molecule has 0 atom stereocenters. The Bertz CT molecular complexity index is 1040. The van der Waals surface area contributed by atoms with Crippen LogP contribution in [-0.4, -0.2) is 86.5 Å². The number of ether oxygens (including phenoxy) is 2. The molecule has 1 N–H and O–H groups in total. The van der Waals surface area contributed by atoms with Crippen molar-refractivity contribution in [1.29, 1.82) is 0 Å². The van der Waals surface area contributed by atoms with Gasteiger partial charge in [0.25, 0.3) is 17.7 Å². The Morgan fingerprint density at radius 3 is 2.00 bits per heavy atom. The predicted octanol–water partition coefficient (Wildman–Crippen LogP) is 3.50. The molecule has 0 aromatic heterocycles. The summed E-state index contributed by atoms with van der Waals surface area (Å²) in [6, 6.07) is 2.84. The van der Waals surface area contributed by atoms with Crippen LogP contribution in [0.15, 0.2) is 12.1 Å². The summed E-state index contributed by atoms with van der Waals surface area (Å²) in [5.74, 6) is -0.402. The molecule has 0 saturated carbocycles. The average molecular weight is 584 g/mol. The Hall–Kier alpha value is -2.22. The molecule has 200 valence electrons. The summed E-state index contributed by atoms with van der Waals surface area (Å²) >= 11 is 13.5. The lowest BCUT2D eigenvalue weighted by atomic mass is 10.0. The van der Waals surface area contributed by atoms with Crippen LogP contribution in [0, 0.1) is 0 Å². The molecule has 0 bridgehead atoms. The molecule has 2 heterocycles. The van der Waals surface area contributed by atoms with Crippen molar-refractivity contribution >= 4 is 80.3 Å². The lowest BCUT2D eigenvalue weighted by molar-refractivity contribution is -0.142. The predicted molar refractivity (Wildman–Crippen MR) is 153 cm³/mol. The number of nitrogens with zero attached hydrogens (tertiary/aromatic N) is 2. The molecule has 2 aliphatic heterocycles. The second-order valence-electron chi connectivity index (χ2n) is 8.06. The number of thioether (sulfide) groups is 2. The number of thiocarbonyl (C=S) groups is 2. The van der Waals surface area contributed by atoms with Gasteiger partial charge >= 0.3 is 5.97 Å². The van der Waals surface area contributed by atoms with E-state index in [9.17, 15) is 19.2 Å². The van der Waals surface area contributed by atoms with Crippen molar-refractivity contribution in [3.8, 4) is 5.75 Å². The van der Waals surface area contributed by atoms with E-state index in [1.54, 1.807) is 6.92 Å². The maximum atomic E-state index is 13.6. The van der Waals surface area contributed by atoms with E-state index in [4.69, 9.17) is 33.9 Å². The molecule has 0 radical (unpaired) electrons. The van der Waals surface area contributed by atoms with Crippen LogP contribution < -0.4 is 10.1 Å². The van der Waals surface area contributed by atoms with Gasteiger partial charge in [0.05, 0.1) is 30.8 Å². The molecular weight excluding hydrogens is 555 g/mol. The third-order valence-electron chi connectivity index (χ3n) is 5.49. The number of hydrogen-bond donors (Lipinski definition) is 1. The third kappa shape index (κ3) is 7.43. The standard InChI is InChI=1S/C24H29N3O6S4/c1-3-5-10-33-19-16(21(30)26-8-11-36-23(26)34)13-15(20(29)25-7-6-18(28)32-4-2)14-17(19)22(31)27-9-12-37-24(27)35/h13-14H,3-12H2,1-2H3,(H,25,29). The topological polar surface area (TPSA) is 105 Å². The SMILES string of the molecule is CCCCOc1c(C(=O)N2CCSC2=S)cc(C(=O)NCCC(=O)OCC)cc1C(=O)N1CCSC1=S. The highest BCUT2D eigenvalue weighted by molar-refractivity contribution is 8.23. The highest BCUT2D eigenvalue weighted by Crippen LogP contribution is 2.33. The summed E-state index contributed by atoms with van der Waals surface area (Å²) in [6.07, 6.45) is 1.56. The molecular formula is C24H29N3O6S4. The van der Waals surface area contributed by atoms with E-state index in [-0.39, 0.29) is 42.0 Å². The van der Waals surface area contributed by atoms with Crippen molar-refractivity contribution < 1.29 is 28.7 Å². The van der Waals surface area contributed by atoms with E-state index in [2.05, 4.69) is 5.32 Å². The highest BCUT2D eigenvalue weighted by atomic mass is 32.2. The van der Waals surface area contributed by atoms with Crippen LogP contribution in [0.3, 0.4) is 0 Å². The van der Waals surface area contributed by atoms with Gasteiger partial charge in [0.2, 0.25) is 0 Å². The van der Waals surface area contributed by atoms with Gasteiger partial charge in [-0.3, -0.25) is 29.0 Å². The zero-order chi connectivity index (χ0) is 26.9. The lowest BCUT2D eigenvalue weighted by Crippen LogP contribution is -2.34. The molecule has 3 amide bonds. The van der Waals surface area contributed by atoms with Crippen LogP contribution in [0.1, 0.15) is 64.2 Å². The molecule has 3 rings (SSSR count). The maximum Gasteiger partial charge on any atom is 0.307 e. The van der Waals surface area contributed by atoms with E-state index >= 15 is 0 Å². The molecule has 9 nitrogen and oxygen atoms in total. The van der Waals surface area contributed by atoms with Crippen molar-refractivity contribution in [1.82, 2.24) is 15.1 Å². The Balaban J connectivity index is 2.03. The van der Waals surface area contributed by atoms with Gasteiger partial charge in [-0.1, -0.05) is 61.3 Å². The van der Waals surface area contributed by atoms with Crippen molar-refractivity contribution in [2.75, 3.05) is 44.4 Å². The van der Waals surface area contributed by atoms with Gasteiger partial charge in [0, 0.05) is 36.7 Å². The van der Waals surface area contributed by atoms with Gasteiger partial charge in [0.1, 0.15) is 14.4 Å². The van der Waals surface area contributed by atoms with Crippen LogP contribution in [0.4, 0.5) is 0 Å². The molecule has 2 saturated heterocycles. The van der Waals surface area contributed by atoms with Crippen molar-refractivity contribution in [2.45, 2.75) is 33.1 Å². The zero-order valence-electron chi connectivity index (χ0n) is 20.7. The first-order valence-corrected chi connectivity index (χ1v) is 14.8. The molecule has 0 unspecified atom stereocenters. The van der Waals surface area contributed by atoms with Crippen LogP contribution in [0.25, 0.3) is 0 Å². The second-order valence-corrected chi connectivity index (χ2v) is 11.5. The Labute approximate surface area is 235 Å². The quantitative estimate of drug-likeness (QED) is 0.236. The summed E-state index contributed by atoms with van der Waals surface area (Å²) in [6.45, 7) is 5.12. The summed E-state index contributed by atoms with van der Waals surface area (Å²) in [5, 5.41) is 2.66. The van der Waals surface area contributed by atoms with Crippen LogP contribution in [0.2, 0.25) is 0 Å². The maximum absolute atomic E-state index is 13.6. The van der Waals surface area contributed by atoms with E-state index < -0.39 is 23.7 Å². The zero-order valence-corrected chi connectivity index (χ0v) is 24.0. The lowest BCUT2D eigenvalue weighted by Gasteiger charge is -2.22. The van der Waals surface area contributed by atoms with Crippen LogP contribution >= 0.6 is 48.0 Å². The Morgan fingerprint density at radius 1 is 0.973 bits per heavy atom.